The van der Waals surface area contributed by atoms with Crippen LogP contribution in [0.3, 0.4) is 0 Å². The van der Waals surface area contributed by atoms with E-state index in [9.17, 15) is 4.39 Å². The topological polar surface area (TPSA) is 53.1 Å². The van der Waals surface area contributed by atoms with Gasteiger partial charge in [-0.25, -0.2) is 9.37 Å². The van der Waals surface area contributed by atoms with Gasteiger partial charge in [-0.05, 0) is 60.0 Å². The maximum Gasteiger partial charge on any atom is 0.201 e. The highest BCUT2D eigenvalue weighted by Crippen LogP contribution is 2.28. The number of fused-ring (bicyclic) bond motifs is 1. The van der Waals surface area contributed by atoms with Gasteiger partial charge in [-0.15, -0.1) is 0 Å². The molecule has 1 aromatic heterocycles. The molecule has 4 aromatic rings. The Morgan fingerprint density at radius 1 is 0.966 bits per heavy atom. The van der Waals surface area contributed by atoms with Gasteiger partial charge < -0.3 is 15.0 Å². The van der Waals surface area contributed by atoms with Crippen molar-refractivity contribution in [3.05, 3.63) is 76.5 Å². The van der Waals surface area contributed by atoms with Crippen molar-refractivity contribution in [2.24, 2.45) is 0 Å². The Morgan fingerprint density at radius 3 is 2.48 bits per heavy atom. The number of aromatic nitrogens is 2. The Bertz CT molecular complexity index is 1160. The average molecular weight is 430 g/mol. The predicted molar refractivity (Wildman–Crippen MR) is 116 cm³/mol. The molecule has 0 aliphatic heterocycles. The number of anilines is 1. The zero-order valence-corrected chi connectivity index (χ0v) is 16.9. The summed E-state index contributed by atoms with van der Waals surface area (Å²) in [7, 11) is 0. The largest absolute Gasteiger partial charge is 0.492 e. The first-order valence-corrected chi connectivity index (χ1v) is 9.86. The van der Waals surface area contributed by atoms with Crippen LogP contribution < -0.4 is 10.5 Å². The predicted octanol–water partition coefficient (Wildman–Crippen LogP) is 6.20. The minimum Gasteiger partial charge on any atom is -0.492 e. The molecule has 0 spiro atoms. The van der Waals surface area contributed by atoms with Crippen LogP contribution in [0.2, 0.25) is 10.0 Å². The standard InChI is InChI=1S/C22H18Cl2FN3O/c23-16-5-9-21(18(24)13-16)29-11-1-10-28-20-8-4-15(12-19(20)27-22(28)26)14-2-6-17(25)7-3-14/h2-9,12-13H,1,10-11H2,(H2,26,27). The first-order chi connectivity index (χ1) is 14.0. The molecule has 0 amide bonds. The number of hydrogen-bond donors (Lipinski definition) is 1. The number of imidazole rings is 1. The molecule has 0 bridgehead atoms. The van der Waals surface area contributed by atoms with E-state index in [4.69, 9.17) is 33.7 Å². The molecule has 0 fully saturated rings. The molecule has 3 aromatic carbocycles. The smallest absolute Gasteiger partial charge is 0.201 e. The molecule has 4 rings (SSSR count). The van der Waals surface area contributed by atoms with E-state index in [0.717, 1.165) is 28.6 Å². The Labute approximate surface area is 177 Å². The summed E-state index contributed by atoms with van der Waals surface area (Å²) < 4.78 is 20.8. The zero-order chi connectivity index (χ0) is 20.4. The summed E-state index contributed by atoms with van der Waals surface area (Å²) in [5.41, 5.74) is 9.75. The maximum absolute atomic E-state index is 13.2. The van der Waals surface area contributed by atoms with Crippen molar-refractivity contribution in [2.45, 2.75) is 13.0 Å². The third-order valence-corrected chi connectivity index (χ3v) is 5.16. The molecule has 0 radical (unpaired) electrons. The molecular formula is C22H18Cl2FN3O. The monoisotopic (exact) mass is 429 g/mol. The number of nitrogens with two attached hydrogens (primary N) is 1. The first kappa shape index (κ1) is 19.6. The molecular weight excluding hydrogens is 412 g/mol. The fourth-order valence-electron chi connectivity index (χ4n) is 3.20. The van der Waals surface area contributed by atoms with Crippen molar-refractivity contribution in [3.63, 3.8) is 0 Å². The Hall–Kier alpha value is -2.76. The average Bonchev–Trinajstić information content (AvgIpc) is 3.01. The summed E-state index contributed by atoms with van der Waals surface area (Å²) in [6.07, 6.45) is 0.730. The lowest BCUT2D eigenvalue weighted by Gasteiger charge is -2.10. The van der Waals surface area contributed by atoms with Gasteiger partial charge >= 0.3 is 0 Å². The van der Waals surface area contributed by atoms with Crippen LogP contribution in [0, 0.1) is 5.82 Å². The van der Waals surface area contributed by atoms with Gasteiger partial charge in [0.1, 0.15) is 11.6 Å². The van der Waals surface area contributed by atoms with Gasteiger partial charge in [-0.3, -0.25) is 0 Å². The van der Waals surface area contributed by atoms with Crippen LogP contribution in [-0.4, -0.2) is 16.2 Å². The van der Waals surface area contributed by atoms with Gasteiger partial charge in [0.25, 0.3) is 0 Å². The quantitative estimate of drug-likeness (QED) is 0.371. The van der Waals surface area contributed by atoms with Crippen LogP contribution >= 0.6 is 23.2 Å². The molecule has 148 valence electrons. The van der Waals surface area contributed by atoms with Gasteiger partial charge in [-0.2, -0.15) is 0 Å². The van der Waals surface area contributed by atoms with Crippen LogP contribution in [0.25, 0.3) is 22.2 Å². The summed E-state index contributed by atoms with van der Waals surface area (Å²) in [6, 6.07) is 17.4. The molecule has 0 unspecified atom stereocenters. The third kappa shape index (κ3) is 4.31. The fraction of sp³-hybridized carbons (Fsp3) is 0.136. The maximum atomic E-state index is 13.2. The number of ether oxygens (including phenoxy) is 1. The molecule has 4 nitrogen and oxygen atoms in total. The number of nitrogen functional groups attached to an aromatic ring is 1. The van der Waals surface area contributed by atoms with Crippen LogP contribution in [0.15, 0.2) is 60.7 Å². The number of benzene rings is 3. The molecule has 7 heteroatoms. The third-order valence-electron chi connectivity index (χ3n) is 4.63. The van der Waals surface area contributed by atoms with Crippen LogP contribution in [0.4, 0.5) is 10.3 Å². The molecule has 0 aliphatic rings. The molecule has 1 heterocycles. The van der Waals surface area contributed by atoms with Gasteiger partial charge in [0, 0.05) is 11.6 Å². The van der Waals surface area contributed by atoms with E-state index in [-0.39, 0.29) is 5.82 Å². The fourth-order valence-corrected chi connectivity index (χ4v) is 3.67. The second-order valence-electron chi connectivity index (χ2n) is 6.61. The highest BCUT2D eigenvalue weighted by molar-refractivity contribution is 6.35. The second kappa shape index (κ2) is 8.31. The molecule has 2 N–H and O–H groups in total. The Balaban J connectivity index is 1.46. The number of aryl methyl sites for hydroxylation is 1. The summed E-state index contributed by atoms with van der Waals surface area (Å²) in [4.78, 5) is 4.47. The molecule has 0 saturated carbocycles. The van der Waals surface area contributed by atoms with E-state index >= 15 is 0 Å². The summed E-state index contributed by atoms with van der Waals surface area (Å²) in [5, 5.41) is 1.05. The highest BCUT2D eigenvalue weighted by atomic mass is 35.5. The number of rotatable bonds is 6. The molecule has 29 heavy (non-hydrogen) atoms. The molecule has 0 atom stereocenters. The Kier molecular flexibility index (Phi) is 5.60. The van der Waals surface area contributed by atoms with Crippen molar-refractivity contribution in [1.82, 2.24) is 9.55 Å². The lowest BCUT2D eigenvalue weighted by Crippen LogP contribution is -2.07. The van der Waals surface area contributed by atoms with E-state index in [0.29, 0.717) is 34.9 Å². The molecule has 0 saturated heterocycles. The lowest BCUT2D eigenvalue weighted by molar-refractivity contribution is 0.303. The van der Waals surface area contributed by atoms with Crippen molar-refractivity contribution in [1.29, 1.82) is 0 Å². The van der Waals surface area contributed by atoms with E-state index in [1.165, 1.54) is 12.1 Å². The minimum atomic E-state index is -0.259. The van der Waals surface area contributed by atoms with Gasteiger partial charge in [0.15, 0.2) is 0 Å². The van der Waals surface area contributed by atoms with Crippen molar-refractivity contribution in [2.75, 3.05) is 12.3 Å². The van der Waals surface area contributed by atoms with Crippen molar-refractivity contribution < 1.29 is 9.13 Å². The second-order valence-corrected chi connectivity index (χ2v) is 7.45. The van der Waals surface area contributed by atoms with E-state index < -0.39 is 0 Å². The lowest BCUT2D eigenvalue weighted by atomic mass is 10.1. The van der Waals surface area contributed by atoms with Crippen LogP contribution in [0.5, 0.6) is 5.75 Å². The van der Waals surface area contributed by atoms with Crippen molar-refractivity contribution in [3.8, 4) is 16.9 Å². The van der Waals surface area contributed by atoms with Gasteiger partial charge in [0.05, 0.1) is 22.7 Å². The van der Waals surface area contributed by atoms with Crippen molar-refractivity contribution >= 4 is 40.2 Å². The highest BCUT2D eigenvalue weighted by Gasteiger charge is 2.10. The van der Waals surface area contributed by atoms with Gasteiger partial charge in [-0.1, -0.05) is 41.4 Å². The SMILES string of the molecule is Nc1nc2cc(-c3ccc(F)cc3)ccc2n1CCCOc1ccc(Cl)cc1Cl. The Morgan fingerprint density at radius 2 is 1.72 bits per heavy atom. The molecule has 0 aliphatic carbocycles. The van der Waals surface area contributed by atoms with Crippen LogP contribution in [0.1, 0.15) is 6.42 Å². The number of hydrogen-bond acceptors (Lipinski definition) is 3. The van der Waals surface area contributed by atoms with E-state index in [2.05, 4.69) is 4.98 Å². The number of halogens is 3. The zero-order valence-electron chi connectivity index (χ0n) is 15.4. The minimum absolute atomic E-state index is 0.259. The summed E-state index contributed by atoms with van der Waals surface area (Å²) in [5.74, 6) is 0.787. The first-order valence-electron chi connectivity index (χ1n) is 9.11. The summed E-state index contributed by atoms with van der Waals surface area (Å²) >= 11 is 12.0. The van der Waals surface area contributed by atoms with E-state index in [1.807, 2.05) is 22.8 Å². The van der Waals surface area contributed by atoms with E-state index in [1.54, 1.807) is 30.3 Å². The van der Waals surface area contributed by atoms with Gasteiger partial charge in [0.2, 0.25) is 5.95 Å². The summed E-state index contributed by atoms with van der Waals surface area (Å²) in [6.45, 7) is 1.14. The number of nitrogens with zero attached hydrogens (tertiary/aromatic N) is 2. The van der Waals surface area contributed by atoms with Crippen LogP contribution in [-0.2, 0) is 6.54 Å². The normalized spacial score (nSPS) is 11.1.